The highest BCUT2D eigenvalue weighted by atomic mass is 19.4. The van der Waals surface area contributed by atoms with E-state index in [9.17, 15) is 13.2 Å². The average Bonchev–Trinajstić information content (AvgIpc) is 3.05. The molecule has 0 spiro atoms. The molecule has 1 aromatic carbocycles. The molecule has 1 saturated carbocycles. The summed E-state index contributed by atoms with van der Waals surface area (Å²) in [7, 11) is 0. The first-order chi connectivity index (χ1) is 9.18. The van der Waals surface area contributed by atoms with E-state index >= 15 is 0 Å². The number of nitrogens with two attached hydrogens (primary N) is 1. The van der Waals surface area contributed by atoms with Gasteiger partial charge in [0, 0.05) is 23.4 Å². The van der Waals surface area contributed by atoms with Crippen LogP contribution in [0.5, 0.6) is 11.5 Å². The van der Waals surface area contributed by atoms with Crippen LogP contribution in [0.4, 0.5) is 13.2 Å². The first kappa shape index (κ1) is 13.5. The maximum absolute atomic E-state index is 12.3. The minimum absolute atomic E-state index is 0.224. The summed E-state index contributed by atoms with van der Waals surface area (Å²) in [6.45, 7) is 4.36. The van der Waals surface area contributed by atoms with Gasteiger partial charge in [-0.1, -0.05) is 0 Å². The monoisotopic (exact) mass is 287 g/mol. The van der Waals surface area contributed by atoms with Crippen LogP contribution < -0.4 is 15.2 Å². The molecule has 0 radical (unpaired) electrons. The predicted octanol–water partition coefficient (Wildman–Crippen LogP) is 2.97. The van der Waals surface area contributed by atoms with E-state index in [0.29, 0.717) is 12.3 Å². The fourth-order valence-corrected chi connectivity index (χ4v) is 3.39. The molecule has 0 amide bonds. The maximum atomic E-state index is 12.3. The van der Waals surface area contributed by atoms with Crippen LogP contribution in [-0.2, 0) is 5.41 Å². The highest BCUT2D eigenvalue weighted by Gasteiger charge is 2.65. The SMILES string of the molecule is CC1(C)Oc2ccc(OC(F)(F)F)cc2C2(CN)CC12. The highest BCUT2D eigenvalue weighted by molar-refractivity contribution is 5.52. The van der Waals surface area contributed by atoms with Crippen molar-refractivity contribution in [1.82, 2.24) is 0 Å². The molecule has 1 aliphatic heterocycles. The Balaban J connectivity index is 2.01. The normalized spacial score (nSPS) is 30.0. The molecule has 1 aliphatic carbocycles. The van der Waals surface area contributed by atoms with Crippen molar-refractivity contribution in [3.05, 3.63) is 23.8 Å². The van der Waals surface area contributed by atoms with Crippen LogP contribution in [0.1, 0.15) is 25.8 Å². The number of ether oxygens (including phenoxy) is 2. The van der Waals surface area contributed by atoms with Gasteiger partial charge in [0.05, 0.1) is 0 Å². The fourth-order valence-electron chi connectivity index (χ4n) is 3.39. The van der Waals surface area contributed by atoms with E-state index in [4.69, 9.17) is 10.5 Å². The number of fused-ring (bicyclic) bond motifs is 3. The molecule has 2 unspecified atom stereocenters. The van der Waals surface area contributed by atoms with Gasteiger partial charge in [0.25, 0.3) is 0 Å². The lowest BCUT2D eigenvalue weighted by molar-refractivity contribution is -0.274. The molecule has 0 aromatic heterocycles. The second kappa shape index (κ2) is 3.81. The lowest BCUT2D eigenvalue weighted by atomic mass is 9.84. The van der Waals surface area contributed by atoms with Crippen LogP contribution in [0.2, 0.25) is 0 Å². The standard InChI is InChI=1S/C14H16F3NO2/c1-12(2)11-6-13(11,7-18)9-5-8(19-14(15,16)17)3-4-10(9)20-12/h3-5,11H,6-7,18H2,1-2H3. The number of benzene rings is 1. The van der Waals surface area contributed by atoms with Crippen molar-refractivity contribution >= 4 is 0 Å². The fraction of sp³-hybridized carbons (Fsp3) is 0.571. The first-order valence-electron chi connectivity index (χ1n) is 6.47. The van der Waals surface area contributed by atoms with E-state index in [1.54, 1.807) is 0 Å². The van der Waals surface area contributed by atoms with E-state index < -0.39 is 6.36 Å². The summed E-state index contributed by atoms with van der Waals surface area (Å²) in [6, 6.07) is 4.21. The smallest absolute Gasteiger partial charge is 0.487 e. The number of hydrogen-bond donors (Lipinski definition) is 1. The Hall–Kier alpha value is -1.43. The van der Waals surface area contributed by atoms with Gasteiger partial charge >= 0.3 is 6.36 Å². The van der Waals surface area contributed by atoms with Crippen molar-refractivity contribution in [1.29, 1.82) is 0 Å². The number of halogens is 3. The molecule has 2 aliphatic rings. The molecule has 2 N–H and O–H groups in total. The van der Waals surface area contributed by atoms with E-state index in [-0.39, 0.29) is 22.7 Å². The van der Waals surface area contributed by atoms with Crippen LogP contribution in [-0.4, -0.2) is 18.5 Å². The van der Waals surface area contributed by atoms with Gasteiger partial charge in [0.2, 0.25) is 0 Å². The Kier molecular flexibility index (Phi) is 2.58. The number of rotatable bonds is 2. The summed E-state index contributed by atoms with van der Waals surface area (Å²) in [4.78, 5) is 0. The Labute approximate surface area is 114 Å². The molecule has 1 heterocycles. The van der Waals surface area contributed by atoms with Crippen LogP contribution in [0.3, 0.4) is 0 Å². The molecule has 20 heavy (non-hydrogen) atoms. The Bertz CT molecular complexity index is 556. The molecule has 1 fully saturated rings. The predicted molar refractivity (Wildman–Crippen MR) is 66.7 cm³/mol. The third kappa shape index (κ3) is 1.93. The molecular weight excluding hydrogens is 271 g/mol. The van der Waals surface area contributed by atoms with Gasteiger partial charge < -0.3 is 15.2 Å². The van der Waals surface area contributed by atoms with Crippen LogP contribution in [0.15, 0.2) is 18.2 Å². The van der Waals surface area contributed by atoms with Gasteiger partial charge in [0.1, 0.15) is 17.1 Å². The molecule has 1 aromatic rings. The zero-order chi connectivity index (χ0) is 14.8. The van der Waals surface area contributed by atoms with Crippen molar-refractivity contribution < 1.29 is 22.6 Å². The summed E-state index contributed by atoms with van der Waals surface area (Å²) in [5.41, 5.74) is 5.98. The van der Waals surface area contributed by atoms with Crippen molar-refractivity contribution in [2.45, 2.75) is 37.6 Å². The summed E-state index contributed by atoms with van der Waals surface area (Å²) in [5, 5.41) is 0. The van der Waals surface area contributed by atoms with Gasteiger partial charge in [-0.2, -0.15) is 0 Å². The van der Waals surface area contributed by atoms with Gasteiger partial charge in [-0.25, -0.2) is 0 Å². The molecule has 3 nitrogen and oxygen atoms in total. The average molecular weight is 287 g/mol. The minimum Gasteiger partial charge on any atom is -0.487 e. The van der Waals surface area contributed by atoms with Gasteiger partial charge in [0.15, 0.2) is 0 Å². The minimum atomic E-state index is -4.69. The third-order valence-corrected chi connectivity index (χ3v) is 4.37. The molecule has 6 heteroatoms. The highest BCUT2D eigenvalue weighted by Crippen LogP contribution is 2.64. The van der Waals surface area contributed by atoms with Crippen molar-refractivity contribution in [2.24, 2.45) is 11.7 Å². The van der Waals surface area contributed by atoms with E-state index in [1.165, 1.54) is 18.2 Å². The summed E-state index contributed by atoms with van der Waals surface area (Å²) in [5.74, 6) is 0.607. The Morgan fingerprint density at radius 3 is 2.70 bits per heavy atom. The Morgan fingerprint density at radius 2 is 2.10 bits per heavy atom. The zero-order valence-corrected chi connectivity index (χ0v) is 11.3. The topological polar surface area (TPSA) is 44.5 Å². The molecule has 2 atom stereocenters. The third-order valence-electron chi connectivity index (χ3n) is 4.37. The lowest BCUT2D eigenvalue weighted by Gasteiger charge is -2.37. The zero-order valence-electron chi connectivity index (χ0n) is 11.3. The second-order valence-electron chi connectivity index (χ2n) is 6.03. The van der Waals surface area contributed by atoms with Crippen molar-refractivity contribution in [3.63, 3.8) is 0 Å². The summed E-state index contributed by atoms with van der Waals surface area (Å²) >= 11 is 0. The van der Waals surface area contributed by atoms with E-state index in [1.807, 2.05) is 13.8 Å². The lowest BCUT2D eigenvalue weighted by Crippen LogP contribution is -2.41. The van der Waals surface area contributed by atoms with Gasteiger partial charge in [-0.05, 0) is 38.5 Å². The first-order valence-corrected chi connectivity index (χ1v) is 6.47. The number of alkyl halides is 3. The molecular formula is C14H16F3NO2. The number of hydrogen-bond acceptors (Lipinski definition) is 3. The molecule has 0 bridgehead atoms. The largest absolute Gasteiger partial charge is 0.573 e. The van der Waals surface area contributed by atoms with E-state index in [0.717, 1.165) is 12.0 Å². The van der Waals surface area contributed by atoms with Gasteiger partial charge in [-0.3, -0.25) is 0 Å². The summed E-state index contributed by atoms with van der Waals surface area (Å²) in [6.07, 6.45) is -3.86. The molecule has 110 valence electrons. The van der Waals surface area contributed by atoms with Crippen molar-refractivity contribution in [2.75, 3.05) is 6.54 Å². The van der Waals surface area contributed by atoms with Crippen molar-refractivity contribution in [3.8, 4) is 11.5 Å². The van der Waals surface area contributed by atoms with Crippen LogP contribution >= 0.6 is 0 Å². The Morgan fingerprint density at radius 1 is 1.40 bits per heavy atom. The maximum Gasteiger partial charge on any atom is 0.573 e. The van der Waals surface area contributed by atoms with Crippen LogP contribution in [0.25, 0.3) is 0 Å². The molecule has 0 saturated heterocycles. The second-order valence-corrected chi connectivity index (χ2v) is 6.03. The molecule has 3 rings (SSSR count). The quantitative estimate of drug-likeness (QED) is 0.909. The van der Waals surface area contributed by atoms with E-state index in [2.05, 4.69) is 4.74 Å². The van der Waals surface area contributed by atoms with Gasteiger partial charge in [-0.15, -0.1) is 13.2 Å². The van der Waals surface area contributed by atoms with Crippen LogP contribution in [0, 0.1) is 5.92 Å². The summed E-state index contributed by atoms with van der Waals surface area (Å²) < 4.78 is 46.8.